The number of hydrogen-bond donors (Lipinski definition) is 0. The van der Waals surface area contributed by atoms with E-state index in [9.17, 15) is 0 Å². The first-order valence-corrected chi connectivity index (χ1v) is 3.78. The highest BCUT2D eigenvalue weighted by atomic mass is 14.9. The van der Waals surface area contributed by atoms with Crippen LogP contribution in [0.15, 0.2) is 9.98 Å². The minimum Gasteiger partial charge on any atom is -0.270 e. The van der Waals surface area contributed by atoms with Gasteiger partial charge in [0.05, 0.1) is 6.04 Å². The predicted molar refractivity (Wildman–Crippen MR) is 44.8 cm³/mol. The lowest BCUT2D eigenvalue weighted by Gasteiger charge is -2.14. The molecule has 0 aliphatic carbocycles. The van der Waals surface area contributed by atoms with Gasteiger partial charge in [-0.15, -0.1) is 0 Å². The molecule has 1 rings (SSSR count). The van der Waals surface area contributed by atoms with Crippen LogP contribution in [0.2, 0.25) is 0 Å². The van der Waals surface area contributed by atoms with Gasteiger partial charge in [0.2, 0.25) is 0 Å². The zero-order valence-electron chi connectivity index (χ0n) is 6.83. The second-order valence-corrected chi connectivity index (χ2v) is 3.09. The van der Waals surface area contributed by atoms with Crippen molar-refractivity contribution in [1.29, 1.82) is 0 Å². The van der Waals surface area contributed by atoms with Gasteiger partial charge in [-0.3, -0.25) is 4.99 Å². The summed E-state index contributed by atoms with van der Waals surface area (Å²) < 4.78 is 0. The van der Waals surface area contributed by atoms with Crippen LogP contribution in [0.25, 0.3) is 0 Å². The molecule has 1 unspecified atom stereocenters. The Morgan fingerprint density at radius 2 is 2.30 bits per heavy atom. The maximum Gasteiger partial charge on any atom is 0.110 e. The fourth-order valence-electron chi connectivity index (χ4n) is 1.01. The summed E-state index contributed by atoms with van der Waals surface area (Å²) in [5.74, 6) is 0.578. The summed E-state index contributed by atoms with van der Waals surface area (Å²) in [7, 11) is 0. The Morgan fingerprint density at radius 3 is 2.70 bits per heavy atom. The predicted octanol–water partition coefficient (Wildman–Crippen LogP) is 1.90. The molecular weight excluding hydrogens is 124 g/mol. The van der Waals surface area contributed by atoms with E-state index in [0.29, 0.717) is 12.0 Å². The SMILES string of the molecule is CC1CC(C(C)C)=NC=N1. The molecule has 0 saturated carbocycles. The Morgan fingerprint density at radius 1 is 1.60 bits per heavy atom. The molecule has 1 aliphatic rings. The van der Waals surface area contributed by atoms with Crippen LogP contribution in [0.1, 0.15) is 27.2 Å². The molecule has 0 radical (unpaired) electrons. The molecule has 0 aromatic carbocycles. The Balaban J connectivity index is 2.61. The van der Waals surface area contributed by atoms with Crippen LogP contribution in [-0.4, -0.2) is 18.1 Å². The third-order valence-corrected chi connectivity index (χ3v) is 1.72. The summed E-state index contributed by atoms with van der Waals surface area (Å²) >= 11 is 0. The first-order valence-electron chi connectivity index (χ1n) is 3.78. The van der Waals surface area contributed by atoms with E-state index in [1.165, 1.54) is 5.71 Å². The molecule has 1 heterocycles. The van der Waals surface area contributed by atoms with Gasteiger partial charge in [-0.05, 0) is 12.8 Å². The Kier molecular flexibility index (Phi) is 2.20. The van der Waals surface area contributed by atoms with E-state index in [-0.39, 0.29) is 0 Å². The summed E-state index contributed by atoms with van der Waals surface area (Å²) in [5.41, 5.74) is 1.28. The van der Waals surface area contributed by atoms with Gasteiger partial charge in [0.1, 0.15) is 6.34 Å². The minimum atomic E-state index is 0.440. The number of rotatable bonds is 1. The largest absolute Gasteiger partial charge is 0.270 e. The summed E-state index contributed by atoms with van der Waals surface area (Å²) in [6.07, 6.45) is 2.72. The van der Waals surface area contributed by atoms with Gasteiger partial charge in [0, 0.05) is 12.1 Å². The van der Waals surface area contributed by atoms with Gasteiger partial charge >= 0.3 is 0 Å². The van der Waals surface area contributed by atoms with Gasteiger partial charge in [-0.2, -0.15) is 0 Å². The van der Waals surface area contributed by atoms with E-state index in [0.717, 1.165) is 6.42 Å². The van der Waals surface area contributed by atoms with Crippen molar-refractivity contribution in [3.8, 4) is 0 Å². The standard InChI is InChI=1S/C8H14N2/c1-6(2)8-4-7(3)9-5-10-8/h5-7H,4H2,1-3H3. The molecule has 0 amide bonds. The highest BCUT2D eigenvalue weighted by Crippen LogP contribution is 2.09. The maximum absolute atomic E-state index is 4.20. The zero-order chi connectivity index (χ0) is 7.56. The maximum atomic E-state index is 4.20. The van der Waals surface area contributed by atoms with Crippen LogP contribution in [0.4, 0.5) is 0 Å². The van der Waals surface area contributed by atoms with Crippen LogP contribution in [0, 0.1) is 5.92 Å². The summed E-state index contributed by atoms with van der Waals surface area (Å²) in [6.45, 7) is 6.46. The summed E-state index contributed by atoms with van der Waals surface area (Å²) in [6, 6.07) is 0.440. The summed E-state index contributed by atoms with van der Waals surface area (Å²) in [4.78, 5) is 8.35. The quantitative estimate of drug-likeness (QED) is 0.528. The first kappa shape index (κ1) is 7.45. The molecule has 0 spiro atoms. The molecule has 0 aromatic heterocycles. The molecule has 0 aromatic rings. The van der Waals surface area contributed by atoms with Gasteiger partial charge < -0.3 is 0 Å². The third kappa shape index (κ3) is 1.66. The molecule has 0 N–H and O–H groups in total. The fraction of sp³-hybridized carbons (Fsp3) is 0.750. The molecule has 2 heteroatoms. The molecule has 0 fully saturated rings. The van der Waals surface area contributed by atoms with Crippen molar-refractivity contribution in [2.24, 2.45) is 15.9 Å². The molecule has 2 nitrogen and oxygen atoms in total. The number of nitrogens with zero attached hydrogens (tertiary/aromatic N) is 2. The molecule has 56 valence electrons. The van der Waals surface area contributed by atoms with Crippen LogP contribution in [0.5, 0.6) is 0 Å². The van der Waals surface area contributed by atoms with Crippen molar-refractivity contribution < 1.29 is 0 Å². The number of hydrogen-bond acceptors (Lipinski definition) is 2. The highest BCUT2D eigenvalue weighted by molar-refractivity contribution is 5.93. The van der Waals surface area contributed by atoms with Crippen LogP contribution in [-0.2, 0) is 0 Å². The second kappa shape index (κ2) is 2.95. The average molecular weight is 138 g/mol. The highest BCUT2D eigenvalue weighted by Gasteiger charge is 2.11. The molecule has 1 atom stereocenters. The first-order chi connectivity index (χ1) is 4.70. The topological polar surface area (TPSA) is 24.7 Å². The van der Waals surface area contributed by atoms with E-state index < -0.39 is 0 Å². The van der Waals surface area contributed by atoms with Crippen LogP contribution in [0.3, 0.4) is 0 Å². The molecule has 1 aliphatic heterocycles. The molecule has 0 bridgehead atoms. The Hall–Kier alpha value is -0.660. The van der Waals surface area contributed by atoms with Crippen molar-refractivity contribution >= 4 is 12.1 Å². The van der Waals surface area contributed by atoms with Gasteiger partial charge in [-0.1, -0.05) is 13.8 Å². The van der Waals surface area contributed by atoms with E-state index in [1.54, 1.807) is 6.34 Å². The van der Waals surface area contributed by atoms with Gasteiger partial charge in [0.25, 0.3) is 0 Å². The van der Waals surface area contributed by atoms with Crippen molar-refractivity contribution in [1.82, 2.24) is 0 Å². The van der Waals surface area contributed by atoms with Crippen molar-refractivity contribution in [3.63, 3.8) is 0 Å². The minimum absolute atomic E-state index is 0.440. The van der Waals surface area contributed by atoms with Crippen molar-refractivity contribution in [2.45, 2.75) is 33.2 Å². The monoisotopic (exact) mass is 138 g/mol. The Bertz CT molecular complexity index is 168. The van der Waals surface area contributed by atoms with Crippen LogP contribution < -0.4 is 0 Å². The lowest BCUT2D eigenvalue weighted by atomic mass is 10.0. The molecular formula is C8H14N2. The van der Waals surface area contributed by atoms with E-state index >= 15 is 0 Å². The van der Waals surface area contributed by atoms with Gasteiger partial charge in [-0.25, -0.2) is 4.99 Å². The molecule has 10 heavy (non-hydrogen) atoms. The van der Waals surface area contributed by atoms with E-state index in [4.69, 9.17) is 0 Å². The fourth-order valence-corrected chi connectivity index (χ4v) is 1.01. The lowest BCUT2D eigenvalue weighted by Crippen LogP contribution is -2.17. The second-order valence-electron chi connectivity index (χ2n) is 3.09. The van der Waals surface area contributed by atoms with Crippen molar-refractivity contribution in [3.05, 3.63) is 0 Å². The molecule has 0 saturated heterocycles. The van der Waals surface area contributed by atoms with Gasteiger partial charge in [0.15, 0.2) is 0 Å². The third-order valence-electron chi connectivity index (χ3n) is 1.72. The lowest BCUT2D eigenvalue weighted by molar-refractivity contribution is 0.731. The number of aliphatic imine (C=N–C) groups is 2. The normalized spacial score (nSPS) is 25.2. The summed E-state index contributed by atoms with van der Waals surface area (Å²) in [5, 5.41) is 0. The Labute approximate surface area is 62.1 Å². The van der Waals surface area contributed by atoms with Crippen molar-refractivity contribution in [2.75, 3.05) is 0 Å². The van der Waals surface area contributed by atoms with Crippen LogP contribution >= 0.6 is 0 Å². The zero-order valence-corrected chi connectivity index (χ0v) is 6.83. The van der Waals surface area contributed by atoms with E-state index in [2.05, 4.69) is 30.8 Å². The van der Waals surface area contributed by atoms with E-state index in [1.807, 2.05) is 0 Å². The average Bonchev–Trinajstić information content (AvgIpc) is 1.88. The smallest absolute Gasteiger partial charge is 0.110 e.